The summed E-state index contributed by atoms with van der Waals surface area (Å²) in [5.74, 6) is -0.619. The second-order valence-electron chi connectivity index (χ2n) is 3.46. The van der Waals surface area contributed by atoms with Gasteiger partial charge in [-0.3, -0.25) is 0 Å². The Kier molecular flexibility index (Phi) is 3.82. The quantitative estimate of drug-likeness (QED) is 0.746. The first-order valence-electron chi connectivity index (χ1n) is 4.65. The lowest BCUT2D eigenvalue weighted by molar-refractivity contribution is 0.0601. The summed E-state index contributed by atoms with van der Waals surface area (Å²) in [6.07, 6.45) is -2.60. The highest BCUT2D eigenvalue weighted by atomic mass is 19.3. The average Bonchev–Trinajstić information content (AvgIpc) is 2.26. The van der Waals surface area contributed by atoms with Crippen LogP contribution in [0.2, 0.25) is 0 Å². The molecular formula is C11H13F2NO2. The summed E-state index contributed by atoms with van der Waals surface area (Å²) in [6, 6.07) is 3.94. The van der Waals surface area contributed by atoms with Crippen LogP contribution in [0.15, 0.2) is 18.2 Å². The molecule has 0 saturated heterocycles. The van der Waals surface area contributed by atoms with E-state index < -0.39 is 12.4 Å². The number of esters is 1. The molecule has 1 rings (SSSR count). The molecule has 0 aromatic heterocycles. The van der Waals surface area contributed by atoms with E-state index in [0.717, 1.165) is 6.07 Å². The van der Waals surface area contributed by atoms with Crippen LogP contribution in [0, 0.1) is 0 Å². The fraction of sp³-hybridized carbons (Fsp3) is 0.364. The number of benzene rings is 1. The van der Waals surface area contributed by atoms with Gasteiger partial charge in [-0.15, -0.1) is 0 Å². The summed E-state index contributed by atoms with van der Waals surface area (Å²) in [5, 5.41) is 0. The Hall–Kier alpha value is -1.65. The van der Waals surface area contributed by atoms with Crippen LogP contribution in [-0.2, 0) is 4.74 Å². The Morgan fingerprint density at radius 1 is 1.38 bits per heavy atom. The number of anilines is 1. The molecule has 0 aliphatic rings. The minimum absolute atomic E-state index is 0.144. The van der Waals surface area contributed by atoms with Crippen LogP contribution in [0.4, 0.5) is 14.5 Å². The van der Waals surface area contributed by atoms with Crippen LogP contribution in [0.3, 0.4) is 0 Å². The Balaban J connectivity index is 3.26. The van der Waals surface area contributed by atoms with Crippen molar-refractivity contribution in [2.45, 2.75) is 6.43 Å². The van der Waals surface area contributed by atoms with Crippen LogP contribution in [0.5, 0.6) is 0 Å². The maximum absolute atomic E-state index is 12.5. The van der Waals surface area contributed by atoms with Gasteiger partial charge in [0.15, 0.2) is 0 Å². The fourth-order valence-corrected chi connectivity index (χ4v) is 1.35. The predicted octanol–water partition coefficient (Wildman–Crippen LogP) is 2.48. The summed E-state index contributed by atoms with van der Waals surface area (Å²) in [4.78, 5) is 13.1. The molecule has 0 aliphatic carbocycles. The number of carbonyl (C=O) groups excluding carboxylic acids is 1. The molecule has 16 heavy (non-hydrogen) atoms. The molecule has 88 valence electrons. The summed E-state index contributed by atoms with van der Waals surface area (Å²) in [7, 11) is 4.67. The molecule has 0 spiro atoms. The number of alkyl halides is 2. The molecule has 1 aromatic carbocycles. The van der Waals surface area contributed by atoms with Crippen LogP contribution < -0.4 is 4.90 Å². The van der Waals surface area contributed by atoms with Crippen LogP contribution in [0.25, 0.3) is 0 Å². The molecule has 0 atom stereocenters. The second kappa shape index (κ2) is 4.92. The number of hydrogen-bond donors (Lipinski definition) is 0. The van der Waals surface area contributed by atoms with Gasteiger partial charge in [-0.25, -0.2) is 13.6 Å². The largest absolute Gasteiger partial charge is 0.465 e. The van der Waals surface area contributed by atoms with Crippen molar-refractivity contribution in [3.05, 3.63) is 29.3 Å². The minimum Gasteiger partial charge on any atom is -0.465 e. The van der Waals surface area contributed by atoms with Gasteiger partial charge >= 0.3 is 5.97 Å². The molecule has 0 radical (unpaired) electrons. The number of carbonyl (C=O) groups is 1. The topological polar surface area (TPSA) is 29.5 Å². The Bertz CT molecular complexity index is 392. The lowest BCUT2D eigenvalue weighted by atomic mass is 10.1. The zero-order chi connectivity index (χ0) is 12.3. The van der Waals surface area contributed by atoms with Gasteiger partial charge in [-0.05, 0) is 12.1 Å². The summed E-state index contributed by atoms with van der Waals surface area (Å²) in [5.41, 5.74) is 0.507. The van der Waals surface area contributed by atoms with Crippen molar-refractivity contribution >= 4 is 11.7 Å². The SMILES string of the molecule is COC(=O)c1cc(C(F)F)ccc1N(C)C. The van der Waals surface area contributed by atoms with E-state index in [1.807, 2.05) is 0 Å². The van der Waals surface area contributed by atoms with E-state index in [4.69, 9.17) is 0 Å². The van der Waals surface area contributed by atoms with Gasteiger partial charge in [0, 0.05) is 19.7 Å². The number of halogens is 2. The molecule has 0 saturated carbocycles. The van der Waals surface area contributed by atoms with E-state index in [-0.39, 0.29) is 11.1 Å². The van der Waals surface area contributed by atoms with Crippen molar-refractivity contribution < 1.29 is 18.3 Å². The standard InChI is InChI=1S/C11H13F2NO2/c1-14(2)9-5-4-7(10(12)13)6-8(9)11(15)16-3/h4-6,10H,1-3H3. The summed E-state index contributed by atoms with van der Waals surface area (Å²) < 4.78 is 29.5. The first-order valence-corrected chi connectivity index (χ1v) is 4.65. The Labute approximate surface area is 92.6 Å². The molecule has 0 bridgehead atoms. The third kappa shape index (κ3) is 2.48. The Morgan fingerprint density at radius 2 is 2.00 bits per heavy atom. The predicted molar refractivity (Wildman–Crippen MR) is 57.1 cm³/mol. The lowest BCUT2D eigenvalue weighted by Crippen LogP contribution is -2.15. The summed E-state index contributed by atoms with van der Waals surface area (Å²) in [6.45, 7) is 0. The third-order valence-corrected chi connectivity index (χ3v) is 2.16. The van der Waals surface area contributed by atoms with Crippen LogP contribution in [0.1, 0.15) is 22.3 Å². The van der Waals surface area contributed by atoms with Gasteiger partial charge in [-0.2, -0.15) is 0 Å². The third-order valence-electron chi connectivity index (χ3n) is 2.16. The van der Waals surface area contributed by atoms with E-state index in [1.165, 1.54) is 19.2 Å². The smallest absolute Gasteiger partial charge is 0.339 e. The number of hydrogen-bond acceptors (Lipinski definition) is 3. The maximum atomic E-state index is 12.5. The van der Waals surface area contributed by atoms with E-state index in [1.54, 1.807) is 19.0 Å². The minimum atomic E-state index is -2.60. The monoisotopic (exact) mass is 229 g/mol. The van der Waals surface area contributed by atoms with Crippen molar-refractivity contribution in [2.75, 3.05) is 26.1 Å². The fourth-order valence-electron chi connectivity index (χ4n) is 1.35. The number of nitrogens with zero attached hydrogens (tertiary/aromatic N) is 1. The number of methoxy groups -OCH3 is 1. The molecule has 0 aliphatic heterocycles. The average molecular weight is 229 g/mol. The first kappa shape index (κ1) is 12.4. The van der Waals surface area contributed by atoms with E-state index >= 15 is 0 Å². The van der Waals surface area contributed by atoms with Gasteiger partial charge in [0.25, 0.3) is 6.43 Å². The van der Waals surface area contributed by atoms with E-state index in [0.29, 0.717) is 5.69 Å². The first-order chi connectivity index (χ1) is 7.47. The second-order valence-corrected chi connectivity index (χ2v) is 3.46. The van der Waals surface area contributed by atoms with E-state index in [2.05, 4.69) is 4.74 Å². The molecule has 0 heterocycles. The molecule has 0 N–H and O–H groups in total. The van der Waals surface area contributed by atoms with Crippen LogP contribution >= 0.6 is 0 Å². The van der Waals surface area contributed by atoms with Gasteiger partial charge in [0.2, 0.25) is 0 Å². The highest BCUT2D eigenvalue weighted by Crippen LogP contribution is 2.26. The number of rotatable bonds is 3. The van der Waals surface area contributed by atoms with Crippen molar-refractivity contribution in [3.8, 4) is 0 Å². The molecule has 3 nitrogen and oxygen atoms in total. The van der Waals surface area contributed by atoms with Gasteiger partial charge in [-0.1, -0.05) is 6.07 Å². The molecular weight excluding hydrogens is 216 g/mol. The zero-order valence-corrected chi connectivity index (χ0v) is 9.33. The summed E-state index contributed by atoms with van der Waals surface area (Å²) >= 11 is 0. The lowest BCUT2D eigenvalue weighted by Gasteiger charge is -2.17. The van der Waals surface area contributed by atoms with Crippen LogP contribution in [-0.4, -0.2) is 27.2 Å². The molecule has 5 heteroatoms. The molecule has 0 amide bonds. The van der Waals surface area contributed by atoms with E-state index in [9.17, 15) is 13.6 Å². The normalized spacial score (nSPS) is 10.4. The van der Waals surface area contributed by atoms with Crippen molar-refractivity contribution in [2.24, 2.45) is 0 Å². The highest BCUT2D eigenvalue weighted by molar-refractivity contribution is 5.96. The van der Waals surface area contributed by atoms with Gasteiger partial charge < -0.3 is 9.64 Å². The zero-order valence-electron chi connectivity index (χ0n) is 9.33. The molecule has 0 unspecified atom stereocenters. The number of ether oxygens (including phenoxy) is 1. The molecule has 1 aromatic rings. The Morgan fingerprint density at radius 3 is 2.44 bits per heavy atom. The van der Waals surface area contributed by atoms with Crippen molar-refractivity contribution in [3.63, 3.8) is 0 Å². The van der Waals surface area contributed by atoms with Gasteiger partial charge in [0.05, 0.1) is 18.4 Å². The maximum Gasteiger partial charge on any atom is 0.339 e. The molecule has 0 fully saturated rings. The van der Waals surface area contributed by atoms with Crippen molar-refractivity contribution in [1.82, 2.24) is 0 Å². The van der Waals surface area contributed by atoms with Gasteiger partial charge in [0.1, 0.15) is 0 Å². The van der Waals surface area contributed by atoms with Crippen molar-refractivity contribution in [1.29, 1.82) is 0 Å². The highest BCUT2D eigenvalue weighted by Gasteiger charge is 2.17.